The van der Waals surface area contributed by atoms with Crippen LogP contribution in [0.5, 0.6) is 0 Å². The van der Waals surface area contributed by atoms with E-state index in [0.29, 0.717) is 5.92 Å². The molecule has 1 saturated heterocycles. The van der Waals surface area contributed by atoms with Crippen molar-refractivity contribution in [3.63, 3.8) is 0 Å². The van der Waals surface area contributed by atoms with Gasteiger partial charge in [-0.25, -0.2) is 0 Å². The molecule has 1 heteroatoms. The van der Waals surface area contributed by atoms with E-state index in [-0.39, 0.29) is 0 Å². The molecule has 16 heavy (non-hydrogen) atoms. The quantitative estimate of drug-likeness (QED) is 0.731. The van der Waals surface area contributed by atoms with Crippen LogP contribution in [0.3, 0.4) is 0 Å². The van der Waals surface area contributed by atoms with Gasteiger partial charge in [0.25, 0.3) is 0 Å². The number of piperidine rings is 1. The van der Waals surface area contributed by atoms with Gasteiger partial charge in [0.05, 0.1) is 0 Å². The Morgan fingerprint density at radius 2 is 1.75 bits per heavy atom. The highest BCUT2D eigenvalue weighted by Gasteiger charge is 2.20. The van der Waals surface area contributed by atoms with Crippen LogP contribution in [-0.2, 0) is 0 Å². The maximum Gasteiger partial charge on any atom is -0.00159 e. The van der Waals surface area contributed by atoms with E-state index >= 15 is 0 Å². The fourth-order valence-corrected chi connectivity index (χ4v) is 2.73. The second-order valence-corrected chi connectivity index (χ2v) is 5.36. The van der Waals surface area contributed by atoms with Crippen LogP contribution in [0.25, 0.3) is 0 Å². The molecule has 0 N–H and O–H groups in total. The van der Waals surface area contributed by atoms with E-state index in [1.165, 1.54) is 25.9 Å². The molecule has 0 saturated carbocycles. The lowest BCUT2D eigenvalue weighted by atomic mass is 9.83. The van der Waals surface area contributed by atoms with E-state index in [4.69, 9.17) is 0 Å². The third-order valence-corrected chi connectivity index (χ3v) is 3.78. The molecule has 0 unspecified atom stereocenters. The Kier molecular flexibility index (Phi) is 3.65. The fourth-order valence-electron chi connectivity index (χ4n) is 2.73. The topological polar surface area (TPSA) is 3.24 Å². The zero-order valence-electron chi connectivity index (χ0n) is 10.7. The summed E-state index contributed by atoms with van der Waals surface area (Å²) in [6, 6.07) is 9.01. The third kappa shape index (κ3) is 2.46. The fraction of sp³-hybridized carbons (Fsp3) is 0.600. The molecule has 1 aromatic rings. The van der Waals surface area contributed by atoms with Crippen LogP contribution in [0.15, 0.2) is 24.3 Å². The van der Waals surface area contributed by atoms with E-state index in [9.17, 15) is 0 Å². The molecule has 88 valence electrons. The maximum absolute atomic E-state index is 2.44. The van der Waals surface area contributed by atoms with Gasteiger partial charge in [0.15, 0.2) is 0 Å². The van der Waals surface area contributed by atoms with E-state index in [2.05, 4.69) is 50.1 Å². The number of hydrogen-bond acceptors (Lipinski definition) is 1. The summed E-state index contributed by atoms with van der Waals surface area (Å²) in [6.45, 7) is 7.09. The van der Waals surface area contributed by atoms with Crippen LogP contribution in [0.2, 0.25) is 0 Å². The molecule has 1 fully saturated rings. The van der Waals surface area contributed by atoms with Gasteiger partial charge in [0.2, 0.25) is 0 Å². The molecule has 0 aromatic heterocycles. The minimum absolute atomic E-state index is 0.649. The molecule has 0 radical (unpaired) electrons. The molecule has 1 nitrogen and oxygen atoms in total. The van der Waals surface area contributed by atoms with Crippen LogP contribution < -0.4 is 0 Å². The smallest absolute Gasteiger partial charge is 0.00159 e. The van der Waals surface area contributed by atoms with Crippen LogP contribution in [0.1, 0.15) is 49.7 Å². The van der Waals surface area contributed by atoms with Crippen molar-refractivity contribution in [3.05, 3.63) is 35.4 Å². The average molecular weight is 217 g/mol. The summed E-state index contributed by atoms with van der Waals surface area (Å²) < 4.78 is 0. The van der Waals surface area contributed by atoms with Gasteiger partial charge in [-0.1, -0.05) is 38.1 Å². The van der Waals surface area contributed by atoms with E-state index in [1.807, 2.05) is 0 Å². The predicted molar refractivity (Wildman–Crippen MR) is 70.0 cm³/mol. The Morgan fingerprint density at radius 3 is 2.38 bits per heavy atom. The molecule has 0 bridgehead atoms. The van der Waals surface area contributed by atoms with Crippen molar-refractivity contribution < 1.29 is 0 Å². The Morgan fingerprint density at radius 1 is 1.12 bits per heavy atom. The molecule has 1 heterocycles. The van der Waals surface area contributed by atoms with Gasteiger partial charge in [0.1, 0.15) is 0 Å². The zero-order chi connectivity index (χ0) is 11.5. The van der Waals surface area contributed by atoms with Crippen LogP contribution in [0.4, 0.5) is 0 Å². The molecule has 1 aromatic carbocycles. The highest BCUT2D eigenvalue weighted by atomic mass is 15.1. The van der Waals surface area contributed by atoms with Crippen molar-refractivity contribution in [1.82, 2.24) is 4.90 Å². The second-order valence-electron chi connectivity index (χ2n) is 5.36. The number of benzene rings is 1. The van der Waals surface area contributed by atoms with Gasteiger partial charge in [-0.05, 0) is 55.9 Å². The average Bonchev–Trinajstić information content (AvgIpc) is 2.30. The first-order chi connectivity index (χ1) is 7.68. The van der Waals surface area contributed by atoms with Gasteiger partial charge in [-0.3, -0.25) is 0 Å². The van der Waals surface area contributed by atoms with Gasteiger partial charge in [-0.2, -0.15) is 0 Å². The molecule has 0 spiro atoms. The maximum atomic E-state index is 2.44. The van der Waals surface area contributed by atoms with Crippen molar-refractivity contribution in [2.24, 2.45) is 0 Å². The van der Waals surface area contributed by atoms with Crippen molar-refractivity contribution in [1.29, 1.82) is 0 Å². The summed E-state index contributed by atoms with van der Waals surface area (Å²) in [5.74, 6) is 1.44. The number of rotatable bonds is 2. The van der Waals surface area contributed by atoms with Crippen molar-refractivity contribution in [2.45, 2.75) is 38.5 Å². The van der Waals surface area contributed by atoms with Crippen LogP contribution in [-0.4, -0.2) is 25.0 Å². The Labute approximate surface area is 99.5 Å². The highest BCUT2D eigenvalue weighted by Crippen LogP contribution is 2.32. The molecule has 0 amide bonds. The standard InChI is InChI=1S/C15H23N/c1-12(2)14-6-4-5-7-15(14)13-8-10-16(3)11-9-13/h4-7,12-13H,8-11H2,1-3H3. The van der Waals surface area contributed by atoms with Gasteiger partial charge in [0, 0.05) is 0 Å². The number of nitrogens with zero attached hydrogens (tertiary/aromatic N) is 1. The summed E-state index contributed by atoms with van der Waals surface area (Å²) in [4.78, 5) is 2.44. The van der Waals surface area contributed by atoms with Gasteiger partial charge < -0.3 is 4.90 Å². The Balaban J connectivity index is 2.19. The van der Waals surface area contributed by atoms with E-state index in [1.54, 1.807) is 11.1 Å². The predicted octanol–water partition coefficient (Wildman–Crippen LogP) is 3.62. The van der Waals surface area contributed by atoms with Gasteiger partial charge in [-0.15, -0.1) is 0 Å². The third-order valence-electron chi connectivity index (χ3n) is 3.78. The largest absolute Gasteiger partial charge is 0.306 e. The molecule has 1 aliphatic heterocycles. The normalized spacial score (nSPS) is 19.2. The first-order valence-electron chi connectivity index (χ1n) is 6.46. The summed E-state index contributed by atoms with van der Waals surface area (Å²) in [6.07, 6.45) is 2.64. The molecule has 0 atom stereocenters. The lowest BCUT2D eigenvalue weighted by Gasteiger charge is -2.31. The van der Waals surface area contributed by atoms with Crippen LogP contribution in [0, 0.1) is 0 Å². The lowest BCUT2D eigenvalue weighted by Crippen LogP contribution is -2.29. The van der Waals surface area contributed by atoms with Crippen molar-refractivity contribution in [3.8, 4) is 0 Å². The lowest BCUT2D eigenvalue weighted by molar-refractivity contribution is 0.254. The summed E-state index contributed by atoms with van der Waals surface area (Å²) >= 11 is 0. The SMILES string of the molecule is CC(C)c1ccccc1C1CCN(C)CC1. The molecule has 0 aliphatic carbocycles. The summed E-state index contributed by atoms with van der Waals surface area (Å²) in [5.41, 5.74) is 3.16. The van der Waals surface area contributed by atoms with E-state index < -0.39 is 0 Å². The molecular formula is C15H23N. The van der Waals surface area contributed by atoms with E-state index in [0.717, 1.165) is 5.92 Å². The number of likely N-dealkylation sites (tertiary alicyclic amines) is 1. The monoisotopic (exact) mass is 217 g/mol. The molecular weight excluding hydrogens is 194 g/mol. The van der Waals surface area contributed by atoms with Crippen LogP contribution >= 0.6 is 0 Å². The second kappa shape index (κ2) is 5.01. The molecule has 1 aliphatic rings. The Bertz CT molecular complexity index is 335. The zero-order valence-corrected chi connectivity index (χ0v) is 10.7. The Hall–Kier alpha value is -0.820. The minimum atomic E-state index is 0.649. The first kappa shape index (κ1) is 11.7. The number of hydrogen-bond donors (Lipinski definition) is 0. The highest BCUT2D eigenvalue weighted by molar-refractivity contribution is 5.33. The summed E-state index contributed by atoms with van der Waals surface area (Å²) in [5, 5.41) is 0. The van der Waals surface area contributed by atoms with Crippen molar-refractivity contribution >= 4 is 0 Å². The first-order valence-corrected chi connectivity index (χ1v) is 6.46. The minimum Gasteiger partial charge on any atom is -0.306 e. The van der Waals surface area contributed by atoms with Crippen molar-refractivity contribution in [2.75, 3.05) is 20.1 Å². The molecule has 2 rings (SSSR count). The van der Waals surface area contributed by atoms with Gasteiger partial charge >= 0.3 is 0 Å². The summed E-state index contributed by atoms with van der Waals surface area (Å²) in [7, 11) is 2.23.